The molecule has 0 aromatic rings. The molecule has 2 aliphatic rings. The summed E-state index contributed by atoms with van der Waals surface area (Å²) in [5, 5.41) is 5.06. The second-order valence-corrected chi connectivity index (χ2v) is 8.56. The fraction of sp³-hybridized carbons (Fsp3) is 1.00. The van der Waals surface area contributed by atoms with Crippen LogP contribution in [-0.2, 0) is 10.0 Å². The van der Waals surface area contributed by atoms with E-state index < -0.39 is 10.0 Å². The highest BCUT2D eigenvalue weighted by molar-refractivity contribution is 7.89. The van der Waals surface area contributed by atoms with Gasteiger partial charge < -0.3 is 9.80 Å². The van der Waals surface area contributed by atoms with E-state index in [1.807, 2.05) is 0 Å². The van der Waals surface area contributed by atoms with Gasteiger partial charge in [0.1, 0.15) is 0 Å². The number of rotatable bonds is 6. The van der Waals surface area contributed by atoms with Crippen molar-refractivity contribution < 1.29 is 8.42 Å². The number of hydrogen-bond donors (Lipinski definition) is 1. The molecule has 21 heavy (non-hydrogen) atoms. The highest BCUT2D eigenvalue weighted by atomic mass is 32.2. The molecule has 2 heterocycles. The normalized spacial score (nSPS) is 27.0. The molecule has 0 aliphatic carbocycles. The molecule has 0 bridgehead atoms. The summed E-state index contributed by atoms with van der Waals surface area (Å²) in [6, 6.07) is 0.758. The maximum atomic E-state index is 11.0. The molecular weight excluding hydrogens is 286 g/mol. The van der Waals surface area contributed by atoms with E-state index in [4.69, 9.17) is 5.14 Å². The third kappa shape index (κ3) is 6.22. The van der Waals surface area contributed by atoms with Crippen LogP contribution in [0.1, 0.15) is 45.4 Å². The molecule has 0 aromatic carbocycles. The van der Waals surface area contributed by atoms with Crippen molar-refractivity contribution in [2.75, 3.05) is 38.5 Å². The Morgan fingerprint density at radius 1 is 1.05 bits per heavy atom. The highest BCUT2D eigenvalue weighted by Crippen LogP contribution is 2.23. The first-order valence-corrected chi connectivity index (χ1v) is 10.1. The third-order valence-electron chi connectivity index (χ3n) is 5.16. The summed E-state index contributed by atoms with van der Waals surface area (Å²) in [6.07, 6.45) is 7.80. The van der Waals surface area contributed by atoms with Gasteiger partial charge >= 0.3 is 0 Å². The Bertz CT molecular complexity index is 405. The monoisotopic (exact) mass is 317 g/mol. The first-order valence-electron chi connectivity index (χ1n) is 8.41. The fourth-order valence-electron chi connectivity index (χ4n) is 3.59. The summed E-state index contributed by atoms with van der Waals surface area (Å²) in [6.45, 7) is 7.51. The zero-order valence-corrected chi connectivity index (χ0v) is 14.2. The van der Waals surface area contributed by atoms with Gasteiger partial charge in [-0.3, -0.25) is 0 Å². The summed E-state index contributed by atoms with van der Waals surface area (Å²) >= 11 is 0. The number of nitrogens with two attached hydrogens (primary N) is 1. The quantitative estimate of drug-likeness (QED) is 0.801. The molecule has 0 spiro atoms. The van der Waals surface area contributed by atoms with Gasteiger partial charge in [-0.05, 0) is 71.1 Å². The van der Waals surface area contributed by atoms with Crippen LogP contribution in [0, 0.1) is 5.92 Å². The maximum absolute atomic E-state index is 11.0. The molecule has 2 fully saturated rings. The number of piperidine rings is 2. The molecule has 1 atom stereocenters. The molecular formula is C15H31N3O2S. The second-order valence-electron chi connectivity index (χ2n) is 6.82. The van der Waals surface area contributed by atoms with Crippen molar-refractivity contribution in [1.82, 2.24) is 9.80 Å². The predicted molar refractivity (Wildman–Crippen MR) is 86.6 cm³/mol. The standard InChI is InChI=1S/C15H31N3O2S/c1-14-4-2-3-8-18(14)11-7-15-5-9-17(10-6-15)12-13-21(16,19)20/h14-15H,2-13H2,1H3,(H2,16,19,20)/t14-/m1/s1. The lowest BCUT2D eigenvalue weighted by atomic mass is 9.92. The second kappa shape index (κ2) is 7.90. The van der Waals surface area contributed by atoms with Crippen molar-refractivity contribution in [1.29, 1.82) is 0 Å². The van der Waals surface area contributed by atoms with E-state index in [0.717, 1.165) is 25.0 Å². The van der Waals surface area contributed by atoms with Gasteiger partial charge in [-0.1, -0.05) is 6.42 Å². The van der Waals surface area contributed by atoms with Crippen LogP contribution >= 0.6 is 0 Å². The molecule has 2 rings (SSSR count). The molecule has 6 heteroatoms. The van der Waals surface area contributed by atoms with Gasteiger partial charge in [0.05, 0.1) is 5.75 Å². The Labute approximate surface area is 129 Å². The first kappa shape index (κ1) is 17.2. The van der Waals surface area contributed by atoms with Crippen molar-refractivity contribution >= 4 is 10.0 Å². The predicted octanol–water partition coefficient (Wildman–Crippen LogP) is 1.25. The van der Waals surface area contributed by atoms with Crippen molar-refractivity contribution in [2.24, 2.45) is 11.1 Å². The molecule has 124 valence electrons. The van der Waals surface area contributed by atoms with E-state index in [9.17, 15) is 8.42 Å². The first-order chi connectivity index (χ1) is 9.94. The molecule has 0 unspecified atom stereocenters. The van der Waals surface area contributed by atoms with Crippen molar-refractivity contribution in [3.8, 4) is 0 Å². The lowest BCUT2D eigenvalue weighted by Gasteiger charge is -2.36. The third-order valence-corrected chi connectivity index (χ3v) is 5.92. The summed E-state index contributed by atoms with van der Waals surface area (Å²) in [4.78, 5) is 4.89. The summed E-state index contributed by atoms with van der Waals surface area (Å²) in [5.41, 5.74) is 0. The van der Waals surface area contributed by atoms with E-state index in [1.54, 1.807) is 0 Å². The number of likely N-dealkylation sites (tertiary alicyclic amines) is 2. The van der Waals surface area contributed by atoms with E-state index in [-0.39, 0.29) is 5.75 Å². The molecule has 2 N–H and O–H groups in total. The molecule has 0 saturated carbocycles. The SMILES string of the molecule is C[C@@H]1CCCCN1CCC1CCN(CCS(N)(=O)=O)CC1. The van der Waals surface area contributed by atoms with E-state index >= 15 is 0 Å². The van der Waals surface area contributed by atoms with Crippen LogP contribution in [-0.4, -0.2) is 62.7 Å². The van der Waals surface area contributed by atoms with Crippen molar-refractivity contribution in [2.45, 2.75) is 51.5 Å². The van der Waals surface area contributed by atoms with Gasteiger partial charge in [-0.2, -0.15) is 0 Å². The summed E-state index contributed by atoms with van der Waals surface area (Å²) in [5.74, 6) is 0.896. The fourth-order valence-corrected chi connectivity index (χ4v) is 4.11. The Kier molecular flexibility index (Phi) is 6.47. The van der Waals surface area contributed by atoms with Gasteiger partial charge in [-0.15, -0.1) is 0 Å². The van der Waals surface area contributed by atoms with Gasteiger partial charge in [0, 0.05) is 12.6 Å². The van der Waals surface area contributed by atoms with E-state index in [2.05, 4.69) is 16.7 Å². The topological polar surface area (TPSA) is 66.6 Å². The maximum Gasteiger partial charge on any atom is 0.210 e. The summed E-state index contributed by atoms with van der Waals surface area (Å²) < 4.78 is 22.0. The Hall–Kier alpha value is -0.170. The van der Waals surface area contributed by atoms with Gasteiger partial charge in [-0.25, -0.2) is 13.6 Å². The average molecular weight is 317 g/mol. The highest BCUT2D eigenvalue weighted by Gasteiger charge is 2.23. The molecule has 2 saturated heterocycles. The van der Waals surface area contributed by atoms with Crippen molar-refractivity contribution in [3.63, 3.8) is 0 Å². The van der Waals surface area contributed by atoms with E-state index in [0.29, 0.717) is 6.54 Å². The molecule has 5 nitrogen and oxygen atoms in total. The van der Waals surface area contributed by atoms with Gasteiger partial charge in [0.25, 0.3) is 0 Å². The lowest BCUT2D eigenvalue weighted by molar-refractivity contribution is 0.130. The average Bonchev–Trinajstić information content (AvgIpc) is 2.45. The van der Waals surface area contributed by atoms with Crippen LogP contribution in [0.4, 0.5) is 0 Å². The van der Waals surface area contributed by atoms with Crippen LogP contribution in [0.25, 0.3) is 0 Å². The minimum Gasteiger partial charge on any atom is -0.302 e. The number of nitrogens with zero attached hydrogens (tertiary/aromatic N) is 2. The smallest absolute Gasteiger partial charge is 0.210 e. The molecule has 0 aromatic heterocycles. The Balaban J connectivity index is 1.62. The van der Waals surface area contributed by atoms with Crippen LogP contribution in [0.5, 0.6) is 0 Å². The van der Waals surface area contributed by atoms with Gasteiger partial charge in [0.2, 0.25) is 10.0 Å². The zero-order valence-electron chi connectivity index (χ0n) is 13.3. The minimum atomic E-state index is -3.32. The van der Waals surface area contributed by atoms with Crippen LogP contribution in [0.15, 0.2) is 0 Å². The van der Waals surface area contributed by atoms with E-state index in [1.165, 1.54) is 51.6 Å². The number of sulfonamides is 1. The van der Waals surface area contributed by atoms with Crippen LogP contribution in [0.3, 0.4) is 0 Å². The van der Waals surface area contributed by atoms with Gasteiger partial charge in [0.15, 0.2) is 0 Å². The van der Waals surface area contributed by atoms with Crippen LogP contribution < -0.4 is 5.14 Å². The summed E-state index contributed by atoms with van der Waals surface area (Å²) in [7, 11) is -3.32. The zero-order chi connectivity index (χ0) is 15.3. The molecule has 0 radical (unpaired) electrons. The lowest BCUT2D eigenvalue weighted by Crippen LogP contribution is -2.41. The molecule has 0 amide bonds. The largest absolute Gasteiger partial charge is 0.302 e. The minimum absolute atomic E-state index is 0.0863. The number of primary sulfonamides is 1. The van der Waals surface area contributed by atoms with Crippen LogP contribution in [0.2, 0.25) is 0 Å². The Morgan fingerprint density at radius 2 is 1.76 bits per heavy atom. The Morgan fingerprint density at radius 3 is 2.38 bits per heavy atom. The number of hydrogen-bond acceptors (Lipinski definition) is 4. The van der Waals surface area contributed by atoms with Crippen molar-refractivity contribution in [3.05, 3.63) is 0 Å². The molecule has 2 aliphatic heterocycles.